The van der Waals surface area contributed by atoms with Gasteiger partial charge in [0.05, 0.1) is 18.8 Å². The van der Waals surface area contributed by atoms with Gasteiger partial charge in [0.25, 0.3) is 5.91 Å². The van der Waals surface area contributed by atoms with Crippen molar-refractivity contribution in [3.05, 3.63) is 46.6 Å². The molecule has 2 aromatic heterocycles. The third-order valence-electron chi connectivity index (χ3n) is 6.13. The number of carbonyl (C=O) groups excluding carboxylic acids is 2. The molecule has 9 heteroatoms. The van der Waals surface area contributed by atoms with Crippen molar-refractivity contribution >= 4 is 39.4 Å². The summed E-state index contributed by atoms with van der Waals surface area (Å²) in [7, 11) is 0. The number of ether oxygens (including phenoxy) is 1. The number of hydrogen-bond acceptors (Lipinski definition) is 6. The second kappa shape index (κ2) is 8.82. The van der Waals surface area contributed by atoms with Crippen molar-refractivity contribution in [2.75, 3.05) is 31.6 Å². The van der Waals surface area contributed by atoms with E-state index < -0.39 is 0 Å². The van der Waals surface area contributed by atoms with Gasteiger partial charge in [-0.2, -0.15) is 0 Å². The lowest BCUT2D eigenvalue weighted by molar-refractivity contribution is 0.0731. The lowest BCUT2D eigenvalue weighted by atomic mass is 10.1. The first-order valence-corrected chi connectivity index (χ1v) is 12.0. The van der Waals surface area contributed by atoms with Gasteiger partial charge in [0.15, 0.2) is 5.13 Å². The number of benzene rings is 1. The molecule has 5 rings (SSSR count). The topological polar surface area (TPSA) is 90.6 Å². The number of aromatic amines is 1. The monoisotopic (exact) mass is 453 g/mol. The molecule has 2 N–H and O–H groups in total. The molecule has 32 heavy (non-hydrogen) atoms. The number of H-pyrrole nitrogens is 1. The molecule has 0 saturated carbocycles. The van der Waals surface area contributed by atoms with Crippen LogP contribution in [0.2, 0.25) is 0 Å². The van der Waals surface area contributed by atoms with Crippen molar-refractivity contribution in [1.82, 2.24) is 19.8 Å². The normalized spacial score (nSPS) is 16.8. The van der Waals surface area contributed by atoms with Gasteiger partial charge < -0.3 is 24.8 Å². The smallest absolute Gasteiger partial charge is 0.409 e. The first-order chi connectivity index (χ1) is 15.6. The molecule has 0 radical (unpaired) electrons. The van der Waals surface area contributed by atoms with Crippen LogP contribution in [-0.2, 0) is 17.7 Å². The lowest BCUT2D eigenvalue weighted by Gasteiger charge is -2.31. The molecule has 0 unspecified atom stereocenters. The van der Waals surface area contributed by atoms with Crippen molar-refractivity contribution in [3.8, 4) is 0 Å². The van der Waals surface area contributed by atoms with Gasteiger partial charge in [-0.15, -0.1) is 0 Å². The maximum Gasteiger partial charge on any atom is 0.409 e. The van der Waals surface area contributed by atoms with Crippen LogP contribution in [0.1, 0.15) is 40.8 Å². The Balaban J connectivity index is 1.20. The number of carbonyl (C=O) groups is 2. The van der Waals surface area contributed by atoms with Gasteiger partial charge in [0.2, 0.25) is 0 Å². The number of nitrogens with zero attached hydrogens (tertiary/aromatic N) is 3. The van der Waals surface area contributed by atoms with E-state index in [-0.39, 0.29) is 18.0 Å². The highest BCUT2D eigenvalue weighted by Crippen LogP contribution is 2.30. The van der Waals surface area contributed by atoms with Gasteiger partial charge in [-0.25, -0.2) is 9.78 Å². The SMILES string of the molecule is CCOC(=O)N1CCC(Nc2nc3c(s2)CN(C(=O)c2cc4ccccc4[nH]2)CC3)CC1. The Morgan fingerprint density at radius 1 is 1.22 bits per heavy atom. The number of piperidine rings is 1. The van der Waals surface area contributed by atoms with Crippen molar-refractivity contribution in [1.29, 1.82) is 0 Å². The quantitative estimate of drug-likeness (QED) is 0.626. The van der Waals surface area contributed by atoms with Crippen LogP contribution in [0.15, 0.2) is 30.3 Å². The molecule has 4 heterocycles. The molecule has 0 bridgehead atoms. The number of aromatic nitrogens is 2. The highest BCUT2D eigenvalue weighted by atomic mass is 32.1. The number of hydrogen-bond donors (Lipinski definition) is 2. The van der Waals surface area contributed by atoms with Crippen LogP contribution < -0.4 is 5.32 Å². The Bertz CT molecular complexity index is 1100. The number of rotatable bonds is 4. The van der Waals surface area contributed by atoms with Crippen molar-refractivity contribution in [2.24, 2.45) is 0 Å². The summed E-state index contributed by atoms with van der Waals surface area (Å²) in [5, 5.41) is 5.50. The number of fused-ring (bicyclic) bond motifs is 2. The zero-order valence-corrected chi connectivity index (χ0v) is 18.9. The molecule has 1 aromatic carbocycles. The molecular weight excluding hydrogens is 426 g/mol. The third-order valence-corrected chi connectivity index (χ3v) is 7.14. The number of amides is 2. The predicted molar refractivity (Wildman–Crippen MR) is 124 cm³/mol. The molecular formula is C23H27N5O3S. The van der Waals surface area contributed by atoms with Gasteiger partial charge in [-0.3, -0.25) is 4.79 Å². The van der Waals surface area contributed by atoms with Crippen LogP contribution in [0.25, 0.3) is 10.9 Å². The summed E-state index contributed by atoms with van der Waals surface area (Å²) >= 11 is 1.63. The zero-order chi connectivity index (χ0) is 22.1. The minimum Gasteiger partial charge on any atom is -0.450 e. The maximum atomic E-state index is 13.1. The maximum absolute atomic E-state index is 13.1. The first kappa shape index (κ1) is 20.8. The van der Waals surface area contributed by atoms with E-state index in [0.29, 0.717) is 38.5 Å². The average Bonchev–Trinajstić information content (AvgIpc) is 3.42. The van der Waals surface area contributed by atoms with Crippen molar-refractivity contribution in [3.63, 3.8) is 0 Å². The summed E-state index contributed by atoms with van der Waals surface area (Å²) in [6.45, 7) is 4.86. The number of nitrogens with one attached hydrogen (secondary N) is 2. The molecule has 168 valence electrons. The first-order valence-electron chi connectivity index (χ1n) is 11.1. The highest BCUT2D eigenvalue weighted by molar-refractivity contribution is 7.15. The standard InChI is InChI=1S/C23H27N5O3S/c1-2-31-23(30)27-10-7-16(8-11-27)24-22-26-18-9-12-28(14-20(18)32-22)21(29)19-13-15-5-3-4-6-17(15)25-19/h3-6,13,16,25H,2,7-12,14H2,1H3,(H,24,26). The highest BCUT2D eigenvalue weighted by Gasteiger charge is 2.28. The fourth-order valence-corrected chi connectivity index (χ4v) is 5.49. The second-order valence-electron chi connectivity index (χ2n) is 8.24. The number of thiazole rings is 1. The molecule has 1 fully saturated rings. The summed E-state index contributed by atoms with van der Waals surface area (Å²) in [6.07, 6.45) is 2.28. The predicted octanol–water partition coefficient (Wildman–Crippen LogP) is 3.86. The molecule has 2 aliphatic rings. The van der Waals surface area contributed by atoms with Crippen molar-refractivity contribution < 1.29 is 14.3 Å². The van der Waals surface area contributed by atoms with Crippen LogP contribution in [0, 0.1) is 0 Å². The van der Waals surface area contributed by atoms with Crippen LogP contribution in [-0.4, -0.2) is 64.1 Å². The Labute approximate surface area is 190 Å². The third kappa shape index (κ3) is 4.17. The minimum atomic E-state index is -0.226. The van der Waals surface area contributed by atoms with E-state index in [0.717, 1.165) is 45.9 Å². The van der Waals surface area contributed by atoms with E-state index in [2.05, 4.69) is 10.3 Å². The number of para-hydroxylation sites is 1. The summed E-state index contributed by atoms with van der Waals surface area (Å²) in [6, 6.07) is 10.2. The van der Waals surface area contributed by atoms with Crippen LogP contribution in [0.4, 0.5) is 9.93 Å². The summed E-state index contributed by atoms with van der Waals surface area (Å²) in [4.78, 5) is 37.8. The summed E-state index contributed by atoms with van der Waals surface area (Å²) in [5.74, 6) is 0.0288. The van der Waals surface area contributed by atoms with Crippen LogP contribution in [0.3, 0.4) is 0 Å². The van der Waals surface area contributed by atoms with E-state index in [1.807, 2.05) is 42.2 Å². The molecule has 1 saturated heterocycles. The van der Waals surface area contributed by atoms with E-state index >= 15 is 0 Å². The minimum absolute atomic E-state index is 0.0288. The lowest BCUT2D eigenvalue weighted by Crippen LogP contribution is -2.42. The number of anilines is 1. The average molecular weight is 454 g/mol. The molecule has 3 aromatic rings. The van der Waals surface area contributed by atoms with E-state index in [4.69, 9.17) is 9.72 Å². The number of likely N-dealkylation sites (tertiary alicyclic amines) is 1. The Morgan fingerprint density at radius 3 is 2.81 bits per heavy atom. The van der Waals surface area contributed by atoms with Gasteiger partial charge in [0, 0.05) is 47.9 Å². The molecule has 0 aliphatic carbocycles. The van der Waals surface area contributed by atoms with Gasteiger partial charge in [-0.1, -0.05) is 29.5 Å². The molecule has 0 atom stereocenters. The van der Waals surface area contributed by atoms with Gasteiger partial charge >= 0.3 is 6.09 Å². The largest absolute Gasteiger partial charge is 0.450 e. The van der Waals surface area contributed by atoms with Gasteiger partial charge in [0.1, 0.15) is 5.69 Å². The van der Waals surface area contributed by atoms with E-state index in [9.17, 15) is 9.59 Å². The zero-order valence-electron chi connectivity index (χ0n) is 18.1. The Kier molecular flexibility index (Phi) is 5.73. The molecule has 8 nitrogen and oxygen atoms in total. The molecule has 2 aliphatic heterocycles. The Morgan fingerprint density at radius 2 is 2.03 bits per heavy atom. The summed E-state index contributed by atoms with van der Waals surface area (Å²) < 4.78 is 5.09. The Hall–Kier alpha value is -3.07. The van der Waals surface area contributed by atoms with Crippen LogP contribution >= 0.6 is 11.3 Å². The van der Waals surface area contributed by atoms with Crippen molar-refractivity contribution in [2.45, 2.75) is 38.8 Å². The molecule has 2 amide bonds. The fraction of sp³-hybridized carbons (Fsp3) is 0.435. The van der Waals surface area contributed by atoms with E-state index in [1.165, 1.54) is 0 Å². The van der Waals surface area contributed by atoms with E-state index in [1.54, 1.807) is 16.2 Å². The fourth-order valence-electron chi connectivity index (χ4n) is 4.39. The molecule has 0 spiro atoms. The van der Waals surface area contributed by atoms with Gasteiger partial charge in [-0.05, 0) is 31.9 Å². The van der Waals surface area contributed by atoms with Crippen LogP contribution in [0.5, 0.6) is 0 Å². The summed E-state index contributed by atoms with van der Waals surface area (Å²) in [5.41, 5.74) is 2.69. The second-order valence-corrected chi connectivity index (χ2v) is 9.32.